The van der Waals surface area contributed by atoms with Crippen molar-refractivity contribution in [2.24, 2.45) is 10.4 Å². The van der Waals surface area contributed by atoms with Crippen molar-refractivity contribution in [2.75, 3.05) is 6.54 Å². The highest BCUT2D eigenvalue weighted by Gasteiger charge is 2.47. The molecule has 0 bridgehead atoms. The molecule has 2 amide bonds. The monoisotopic (exact) mass is 457 g/mol. The third kappa shape index (κ3) is 4.97. The van der Waals surface area contributed by atoms with Gasteiger partial charge in [0.25, 0.3) is 5.91 Å². The van der Waals surface area contributed by atoms with Crippen LogP contribution in [0.5, 0.6) is 0 Å². The number of hydrogen-bond acceptors (Lipinski definition) is 5. The molecule has 0 aromatic carbocycles. The van der Waals surface area contributed by atoms with E-state index in [2.05, 4.69) is 4.99 Å². The Labute approximate surface area is 197 Å². The summed E-state index contributed by atoms with van der Waals surface area (Å²) < 4.78 is 0. The predicted octanol–water partition coefficient (Wildman–Crippen LogP) is 4.20. The number of unbranched alkanes of at least 4 members (excludes halogenated alkanes) is 1. The number of allylic oxidation sites excluding steroid dienone is 1. The minimum Gasteiger partial charge on any atom is -0.312 e. The normalized spacial score (nSPS) is 24.7. The second kappa shape index (κ2) is 10.7. The Hall–Kier alpha value is -2.31. The third-order valence-electron chi connectivity index (χ3n) is 7.44. The van der Waals surface area contributed by atoms with Gasteiger partial charge in [0.1, 0.15) is 18.3 Å². The lowest BCUT2D eigenvalue weighted by molar-refractivity contribution is -0.141. The van der Waals surface area contributed by atoms with Crippen LogP contribution in [-0.2, 0) is 19.2 Å². The molecular weight excluding hydrogens is 418 g/mol. The standard InChI is InChI=1S/C24H33N3O4.C2H6/c1-3-4-11-17-23(31)27-15-19(28)26(16-9-5-6-10-16)14-18(27)20(25-17)21(29)22(30)24(2)12-7-8-13-24;1-2/h14,16-17H,3-13,15H2,1-2H3;1-2H3. The molecule has 0 aromatic heterocycles. The number of Topliss-reactive ketones (excluding diaryl/α,β-unsaturated/α-hetero) is 2. The molecule has 4 aliphatic rings. The topological polar surface area (TPSA) is 87.1 Å². The zero-order chi connectivity index (χ0) is 24.2. The summed E-state index contributed by atoms with van der Waals surface area (Å²) in [5.41, 5.74) is -0.236. The van der Waals surface area contributed by atoms with E-state index in [1.165, 1.54) is 4.90 Å². The van der Waals surface area contributed by atoms with E-state index in [0.29, 0.717) is 25.0 Å². The van der Waals surface area contributed by atoms with E-state index < -0.39 is 23.0 Å². The average molecular weight is 458 g/mol. The Bertz CT molecular complexity index is 848. The maximum atomic E-state index is 13.4. The average Bonchev–Trinajstić information content (AvgIpc) is 3.52. The highest BCUT2D eigenvalue weighted by molar-refractivity contribution is 6.69. The lowest BCUT2D eigenvalue weighted by Crippen LogP contribution is -2.56. The van der Waals surface area contributed by atoms with Gasteiger partial charge in [-0.3, -0.25) is 29.1 Å². The smallest absolute Gasteiger partial charge is 0.252 e. The van der Waals surface area contributed by atoms with Crippen LogP contribution in [0.25, 0.3) is 0 Å². The third-order valence-corrected chi connectivity index (χ3v) is 7.44. The van der Waals surface area contributed by atoms with Crippen molar-refractivity contribution >= 4 is 29.1 Å². The zero-order valence-electron chi connectivity index (χ0n) is 20.7. The summed E-state index contributed by atoms with van der Waals surface area (Å²) in [5.74, 6) is -1.37. The van der Waals surface area contributed by atoms with Crippen LogP contribution >= 0.6 is 0 Å². The van der Waals surface area contributed by atoms with Crippen LogP contribution in [0.15, 0.2) is 16.9 Å². The Morgan fingerprint density at radius 1 is 1.09 bits per heavy atom. The number of nitrogens with zero attached hydrogens (tertiary/aromatic N) is 3. The minimum atomic E-state index is -0.703. The maximum Gasteiger partial charge on any atom is 0.252 e. The van der Waals surface area contributed by atoms with Gasteiger partial charge >= 0.3 is 0 Å². The van der Waals surface area contributed by atoms with Crippen LogP contribution in [-0.4, -0.2) is 57.5 Å². The van der Waals surface area contributed by atoms with Crippen LogP contribution in [0, 0.1) is 5.41 Å². The first-order valence-corrected chi connectivity index (χ1v) is 12.9. The van der Waals surface area contributed by atoms with Gasteiger partial charge in [-0.15, -0.1) is 0 Å². The van der Waals surface area contributed by atoms with Crippen LogP contribution in [0.1, 0.15) is 98.3 Å². The molecule has 2 aliphatic heterocycles. The summed E-state index contributed by atoms with van der Waals surface area (Å²) >= 11 is 0. The second-order valence-corrected chi connectivity index (χ2v) is 9.74. The Morgan fingerprint density at radius 3 is 2.33 bits per heavy atom. The number of carbonyl (C=O) groups is 4. The molecule has 1 atom stereocenters. The van der Waals surface area contributed by atoms with E-state index in [9.17, 15) is 19.2 Å². The predicted molar refractivity (Wildman–Crippen MR) is 128 cm³/mol. The fraction of sp³-hybridized carbons (Fsp3) is 0.731. The molecule has 182 valence electrons. The molecule has 0 spiro atoms. The van der Waals surface area contributed by atoms with Crippen molar-refractivity contribution in [1.29, 1.82) is 0 Å². The molecule has 1 unspecified atom stereocenters. The first kappa shape index (κ1) is 25.3. The molecule has 0 saturated heterocycles. The Balaban J connectivity index is 0.00000149. The lowest BCUT2D eigenvalue weighted by atomic mass is 9.80. The number of hydrogen-bond donors (Lipinski definition) is 0. The van der Waals surface area contributed by atoms with Crippen molar-refractivity contribution in [1.82, 2.24) is 9.80 Å². The van der Waals surface area contributed by atoms with E-state index in [1.807, 2.05) is 27.7 Å². The molecule has 4 rings (SSSR count). The molecule has 2 saturated carbocycles. The quantitative estimate of drug-likeness (QED) is 0.536. The van der Waals surface area contributed by atoms with Crippen molar-refractivity contribution in [3.8, 4) is 0 Å². The van der Waals surface area contributed by atoms with Gasteiger partial charge in [0.15, 0.2) is 0 Å². The van der Waals surface area contributed by atoms with E-state index in [0.717, 1.165) is 51.4 Å². The number of fused-ring (bicyclic) bond motifs is 1. The van der Waals surface area contributed by atoms with Crippen molar-refractivity contribution in [3.63, 3.8) is 0 Å². The fourth-order valence-corrected chi connectivity index (χ4v) is 5.43. The molecule has 33 heavy (non-hydrogen) atoms. The molecule has 7 nitrogen and oxygen atoms in total. The Morgan fingerprint density at radius 2 is 1.73 bits per heavy atom. The van der Waals surface area contributed by atoms with Gasteiger partial charge in [0.2, 0.25) is 17.5 Å². The van der Waals surface area contributed by atoms with E-state index in [4.69, 9.17) is 0 Å². The lowest BCUT2D eigenvalue weighted by Gasteiger charge is -2.40. The number of rotatable bonds is 7. The zero-order valence-corrected chi connectivity index (χ0v) is 20.7. The van der Waals surface area contributed by atoms with Crippen LogP contribution in [0.2, 0.25) is 0 Å². The van der Waals surface area contributed by atoms with Crippen molar-refractivity contribution in [2.45, 2.75) is 110 Å². The number of ketones is 2. The summed E-state index contributed by atoms with van der Waals surface area (Å²) in [7, 11) is 0. The van der Waals surface area contributed by atoms with Crippen molar-refractivity contribution in [3.05, 3.63) is 11.9 Å². The molecule has 0 aromatic rings. The molecule has 2 fully saturated rings. The highest BCUT2D eigenvalue weighted by atomic mass is 16.2. The van der Waals surface area contributed by atoms with Gasteiger partial charge in [-0.2, -0.15) is 0 Å². The van der Waals surface area contributed by atoms with Gasteiger partial charge in [0.05, 0.1) is 5.70 Å². The molecule has 2 aliphatic carbocycles. The van der Waals surface area contributed by atoms with Crippen LogP contribution in [0.3, 0.4) is 0 Å². The molecule has 0 radical (unpaired) electrons. The van der Waals surface area contributed by atoms with E-state index in [-0.39, 0.29) is 30.1 Å². The van der Waals surface area contributed by atoms with Gasteiger partial charge in [-0.05, 0) is 32.1 Å². The number of aliphatic imine (C=N–C) groups is 1. The highest BCUT2D eigenvalue weighted by Crippen LogP contribution is 2.39. The van der Waals surface area contributed by atoms with Gasteiger partial charge in [-0.25, -0.2) is 0 Å². The maximum absolute atomic E-state index is 13.4. The first-order valence-electron chi connectivity index (χ1n) is 12.9. The summed E-state index contributed by atoms with van der Waals surface area (Å²) in [6, 6.07) is -0.611. The van der Waals surface area contributed by atoms with E-state index in [1.54, 1.807) is 11.1 Å². The summed E-state index contributed by atoms with van der Waals surface area (Å²) in [6.45, 7) is 7.81. The largest absolute Gasteiger partial charge is 0.312 e. The van der Waals surface area contributed by atoms with Gasteiger partial charge < -0.3 is 4.90 Å². The molecular formula is C26H39N3O4. The van der Waals surface area contributed by atoms with Gasteiger partial charge in [0, 0.05) is 17.7 Å². The van der Waals surface area contributed by atoms with Crippen molar-refractivity contribution < 1.29 is 19.2 Å². The SMILES string of the molecule is CC.CCCCC1N=C(C(=O)C(=O)C2(C)CCCC2)C2=CN(C3CCCC3)C(=O)CN2C1=O. The fourth-order valence-electron chi connectivity index (χ4n) is 5.43. The molecule has 0 N–H and O–H groups in total. The minimum absolute atomic E-state index is 0.0781. The summed E-state index contributed by atoms with van der Waals surface area (Å²) in [6.07, 6.45) is 11.1. The molecule has 7 heteroatoms. The van der Waals surface area contributed by atoms with E-state index >= 15 is 0 Å². The summed E-state index contributed by atoms with van der Waals surface area (Å²) in [4.78, 5) is 60.2. The van der Waals surface area contributed by atoms with Gasteiger partial charge in [-0.1, -0.05) is 66.2 Å². The van der Waals surface area contributed by atoms with Crippen LogP contribution in [0.4, 0.5) is 0 Å². The summed E-state index contributed by atoms with van der Waals surface area (Å²) in [5, 5.41) is 0. The number of amides is 2. The second-order valence-electron chi connectivity index (χ2n) is 9.74. The van der Waals surface area contributed by atoms with Crippen LogP contribution < -0.4 is 0 Å². The Kier molecular flexibility index (Phi) is 8.24. The number of carbonyl (C=O) groups excluding carboxylic acids is 4. The first-order chi connectivity index (χ1) is 15.9. The molecule has 2 heterocycles.